The topological polar surface area (TPSA) is 26.0 Å². The first-order valence-electron chi connectivity index (χ1n) is 5.26. The van der Waals surface area contributed by atoms with Crippen molar-refractivity contribution in [1.29, 1.82) is 0 Å². The second-order valence-electron chi connectivity index (χ2n) is 4.03. The lowest BCUT2D eigenvalue weighted by Gasteiger charge is -2.37. The van der Waals surface area contributed by atoms with Crippen LogP contribution in [-0.4, -0.2) is 6.54 Å². The van der Waals surface area contributed by atoms with Crippen LogP contribution >= 0.6 is 0 Å². The molecular formula is C12H21N. The van der Waals surface area contributed by atoms with Crippen molar-refractivity contribution in [3.8, 4) is 0 Å². The summed E-state index contributed by atoms with van der Waals surface area (Å²) in [6, 6.07) is 0. The lowest BCUT2D eigenvalue weighted by Crippen LogP contribution is -2.33. The Labute approximate surface area is 81.7 Å². The van der Waals surface area contributed by atoms with E-state index in [0.29, 0.717) is 11.3 Å². The van der Waals surface area contributed by atoms with E-state index in [9.17, 15) is 0 Å². The molecule has 0 amide bonds. The molecule has 0 aromatic carbocycles. The van der Waals surface area contributed by atoms with E-state index >= 15 is 0 Å². The van der Waals surface area contributed by atoms with Gasteiger partial charge in [-0.15, -0.1) is 0 Å². The molecule has 1 aliphatic rings. The molecule has 0 saturated heterocycles. The highest BCUT2D eigenvalue weighted by atomic mass is 14.6. The monoisotopic (exact) mass is 179 g/mol. The molecule has 1 rings (SSSR count). The third-order valence-electron chi connectivity index (χ3n) is 3.45. The minimum absolute atomic E-state index is 0.328. The van der Waals surface area contributed by atoms with Gasteiger partial charge in [0.15, 0.2) is 0 Å². The number of nitrogens with two attached hydrogens (primary N) is 1. The van der Waals surface area contributed by atoms with Crippen molar-refractivity contribution in [1.82, 2.24) is 0 Å². The maximum absolute atomic E-state index is 5.81. The van der Waals surface area contributed by atoms with Gasteiger partial charge >= 0.3 is 0 Å². The van der Waals surface area contributed by atoms with Crippen molar-refractivity contribution in [2.75, 3.05) is 6.54 Å². The molecule has 0 bridgehead atoms. The molecule has 1 nitrogen and oxygen atoms in total. The molecule has 74 valence electrons. The molecule has 0 fully saturated rings. The molecule has 1 heteroatoms. The van der Waals surface area contributed by atoms with Gasteiger partial charge in [-0.1, -0.05) is 37.6 Å². The van der Waals surface area contributed by atoms with E-state index < -0.39 is 0 Å². The lowest BCUT2D eigenvalue weighted by atomic mass is 9.68. The van der Waals surface area contributed by atoms with Crippen molar-refractivity contribution < 1.29 is 0 Å². The highest BCUT2D eigenvalue weighted by Crippen LogP contribution is 2.40. The summed E-state index contributed by atoms with van der Waals surface area (Å²) in [4.78, 5) is 0. The van der Waals surface area contributed by atoms with Crippen LogP contribution in [0.5, 0.6) is 0 Å². The van der Waals surface area contributed by atoms with Gasteiger partial charge in [-0.2, -0.15) is 0 Å². The molecule has 1 unspecified atom stereocenters. The molecule has 0 aliphatic heterocycles. The zero-order valence-corrected chi connectivity index (χ0v) is 9.01. The normalized spacial score (nSPS) is 25.8. The third kappa shape index (κ3) is 1.86. The van der Waals surface area contributed by atoms with E-state index in [1.54, 1.807) is 0 Å². The van der Waals surface area contributed by atoms with Gasteiger partial charge in [-0.25, -0.2) is 0 Å². The Morgan fingerprint density at radius 2 is 2.00 bits per heavy atom. The molecule has 13 heavy (non-hydrogen) atoms. The maximum Gasteiger partial charge on any atom is -0.000560 e. The van der Waals surface area contributed by atoms with Crippen molar-refractivity contribution >= 4 is 0 Å². The van der Waals surface area contributed by atoms with Crippen LogP contribution in [-0.2, 0) is 0 Å². The predicted octanol–water partition coefficient (Wildman–Crippen LogP) is 2.88. The summed E-state index contributed by atoms with van der Waals surface area (Å²) < 4.78 is 0. The predicted molar refractivity (Wildman–Crippen MR) is 58.5 cm³/mol. The van der Waals surface area contributed by atoms with Crippen LogP contribution in [0.1, 0.15) is 33.6 Å². The fourth-order valence-corrected chi connectivity index (χ4v) is 2.27. The van der Waals surface area contributed by atoms with E-state index in [4.69, 9.17) is 5.73 Å². The summed E-state index contributed by atoms with van der Waals surface area (Å²) >= 11 is 0. The summed E-state index contributed by atoms with van der Waals surface area (Å²) in [5, 5.41) is 0. The first kappa shape index (κ1) is 10.5. The molecular weight excluding hydrogens is 158 g/mol. The number of rotatable bonds is 3. The number of allylic oxidation sites excluding steroid dienone is 3. The van der Waals surface area contributed by atoms with Crippen LogP contribution in [0.15, 0.2) is 23.8 Å². The van der Waals surface area contributed by atoms with Crippen molar-refractivity contribution in [3.05, 3.63) is 23.8 Å². The summed E-state index contributed by atoms with van der Waals surface area (Å²) in [6.07, 6.45) is 9.29. The van der Waals surface area contributed by atoms with E-state index in [2.05, 4.69) is 39.0 Å². The molecule has 0 heterocycles. The molecule has 0 spiro atoms. The van der Waals surface area contributed by atoms with E-state index in [1.807, 2.05) is 0 Å². The summed E-state index contributed by atoms with van der Waals surface area (Å²) in [5.74, 6) is 0.535. The van der Waals surface area contributed by atoms with Crippen LogP contribution in [0.2, 0.25) is 0 Å². The summed E-state index contributed by atoms with van der Waals surface area (Å²) in [7, 11) is 0. The van der Waals surface area contributed by atoms with Crippen LogP contribution in [0.25, 0.3) is 0 Å². The smallest absolute Gasteiger partial charge is 0.000560 e. The highest BCUT2D eigenvalue weighted by molar-refractivity contribution is 5.27. The Hall–Kier alpha value is -0.560. The zero-order chi connectivity index (χ0) is 9.90. The number of hydrogen-bond acceptors (Lipinski definition) is 1. The largest absolute Gasteiger partial charge is 0.330 e. The average molecular weight is 179 g/mol. The Morgan fingerprint density at radius 3 is 2.46 bits per heavy atom. The Bertz CT molecular complexity index is 221. The lowest BCUT2D eigenvalue weighted by molar-refractivity contribution is 0.254. The maximum atomic E-state index is 5.81. The van der Waals surface area contributed by atoms with E-state index in [1.165, 1.54) is 18.4 Å². The Balaban J connectivity index is 2.92. The van der Waals surface area contributed by atoms with Gasteiger partial charge in [0.05, 0.1) is 0 Å². The van der Waals surface area contributed by atoms with E-state index in [-0.39, 0.29) is 0 Å². The molecule has 0 aromatic rings. The summed E-state index contributed by atoms with van der Waals surface area (Å²) in [5.41, 5.74) is 7.50. The first-order chi connectivity index (χ1) is 6.18. The molecule has 2 N–H and O–H groups in total. The third-order valence-corrected chi connectivity index (χ3v) is 3.45. The molecule has 0 aromatic heterocycles. The van der Waals surface area contributed by atoms with Crippen LogP contribution < -0.4 is 5.73 Å². The van der Waals surface area contributed by atoms with Gasteiger partial charge in [-0.05, 0) is 37.6 Å². The van der Waals surface area contributed by atoms with Crippen molar-refractivity contribution in [2.45, 2.75) is 33.6 Å². The minimum Gasteiger partial charge on any atom is -0.330 e. The Kier molecular flexibility index (Phi) is 3.32. The Morgan fingerprint density at radius 1 is 1.38 bits per heavy atom. The molecule has 1 atom stereocenters. The van der Waals surface area contributed by atoms with Gasteiger partial charge in [0.1, 0.15) is 0 Å². The number of hydrogen-bond donors (Lipinski definition) is 1. The SMILES string of the molecule is CCC1(CC)C=CC(C)=CC1CN. The molecule has 0 saturated carbocycles. The van der Waals surface area contributed by atoms with Gasteiger partial charge < -0.3 is 5.73 Å². The van der Waals surface area contributed by atoms with Gasteiger partial charge in [0.2, 0.25) is 0 Å². The van der Waals surface area contributed by atoms with Gasteiger partial charge in [0.25, 0.3) is 0 Å². The second-order valence-corrected chi connectivity index (χ2v) is 4.03. The minimum atomic E-state index is 0.328. The molecule has 1 aliphatic carbocycles. The molecule has 0 radical (unpaired) electrons. The van der Waals surface area contributed by atoms with Gasteiger partial charge in [-0.3, -0.25) is 0 Å². The summed E-state index contributed by atoms with van der Waals surface area (Å²) in [6.45, 7) is 7.42. The standard InChI is InChI=1S/C12H21N/c1-4-12(5-2)7-6-10(3)8-11(12)9-13/h6-8,11H,4-5,9,13H2,1-3H3. The first-order valence-corrected chi connectivity index (χ1v) is 5.26. The van der Waals surface area contributed by atoms with E-state index in [0.717, 1.165) is 6.54 Å². The zero-order valence-electron chi connectivity index (χ0n) is 9.01. The van der Waals surface area contributed by atoms with Gasteiger partial charge in [0, 0.05) is 0 Å². The van der Waals surface area contributed by atoms with Crippen LogP contribution in [0.4, 0.5) is 0 Å². The fraction of sp³-hybridized carbons (Fsp3) is 0.667. The fourth-order valence-electron chi connectivity index (χ4n) is 2.27. The average Bonchev–Trinajstić information content (AvgIpc) is 2.18. The second kappa shape index (κ2) is 4.10. The van der Waals surface area contributed by atoms with Crippen LogP contribution in [0, 0.1) is 11.3 Å². The van der Waals surface area contributed by atoms with Crippen molar-refractivity contribution in [3.63, 3.8) is 0 Å². The quantitative estimate of drug-likeness (QED) is 0.708. The van der Waals surface area contributed by atoms with Crippen LogP contribution in [0.3, 0.4) is 0 Å². The van der Waals surface area contributed by atoms with Crippen molar-refractivity contribution in [2.24, 2.45) is 17.1 Å². The highest BCUT2D eigenvalue weighted by Gasteiger charge is 2.32.